The first-order valence-electron chi connectivity index (χ1n) is 12.2. The van der Waals surface area contributed by atoms with Gasteiger partial charge in [0.25, 0.3) is 0 Å². The molecule has 1 saturated carbocycles. The molecule has 0 unspecified atom stereocenters. The Morgan fingerprint density at radius 2 is 2.00 bits per heavy atom. The average molecular weight is 438 g/mol. The molecule has 0 radical (unpaired) electrons. The van der Waals surface area contributed by atoms with E-state index in [9.17, 15) is 0 Å². The number of fused-ring (bicyclic) bond motifs is 1. The van der Waals surface area contributed by atoms with E-state index >= 15 is 0 Å². The molecule has 2 aliphatic rings. The van der Waals surface area contributed by atoms with Gasteiger partial charge in [0.15, 0.2) is 5.58 Å². The van der Waals surface area contributed by atoms with Crippen molar-refractivity contribution in [2.45, 2.75) is 51.6 Å². The summed E-state index contributed by atoms with van der Waals surface area (Å²) in [7, 11) is 1.96. The number of nitrogens with zero attached hydrogens (tertiary/aromatic N) is 4. The van der Waals surface area contributed by atoms with E-state index < -0.39 is 0 Å². The van der Waals surface area contributed by atoms with Gasteiger partial charge in [0.05, 0.1) is 24.4 Å². The molecule has 32 heavy (non-hydrogen) atoms. The highest BCUT2D eigenvalue weighted by atomic mass is 16.5. The van der Waals surface area contributed by atoms with Crippen LogP contribution in [0.1, 0.15) is 43.4 Å². The maximum absolute atomic E-state index is 6.10. The van der Waals surface area contributed by atoms with Crippen molar-refractivity contribution in [3.8, 4) is 5.75 Å². The van der Waals surface area contributed by atoms with Crippen LogP contribution in [0.25, 0.3) is 11.0 Å². The standard InChI is InChI=1S/C25H35N5O2/c1-26-17-22-24(31-18-20-3-4-20)8-6-21-23(28-32-25(21)22)7-5-19-9-13-29(14-10-19)15-16-30-12-2-11-27-30/h2,6,8,11-12,19-20,26H,3-5,7,9-10,13-18H2,1H3. The molecule has 0 bridgehead atoms. The molecule has 0 amide bonds. The average Bonchev–Trinajstić information content (AvgIpc) is 3.32. The van der Waals surface area contributed by atoms with Crippen LogP contribution in [-0.2, 0) is 19.5 Å². The van der Waals surface area contributed by atoms with E-state index in [1.165, 1.54) is 45.2 Å². The minimum atomic E-state index is 0.725. The highest BCUT2D eigenvalue weighted by Crippen LogP contribution is 2.34. The minimum Gasteiger partial charge on any atom is -0.493 e. The molecule has 1 N–H and O–H groups in total. The van der Waals surface area contributed by atoms with Crippen LogP contribution >= 0.6 is 0 Å². The number of ether oxygens (including phenoxy) is 1. The second-order valence-electron chi connectivity index (χ2n) is 9.43. The van der Waals surface area contributed by atoms with Crippen LogP contribution < -0.4 is 10.1 Å². The lowest BCUT2D eigenvalue weighted by molar-refractivity contribution is 0.172. The third-order valence-electron chi connectivity index (χ3n) is 7.00. The molecule has 7 heteroatoms. The van der Waals surface area contributed by atoms with Crippen molar-refractivity contribution in [1.29, 1.82) is 0 Å². The van der Waals surface area contributed by atoms with Crippen LogP contribution in [0.2, 0.25) is 0 Å². The van der Waals surface area contributed by atoms with Crippen LogP contribution in [-0.4, -0.2) is 53.1 Å². The van der Waals surface area contributed by atoms with Gasteiger partial charge in [-0.3, -0.25) is 4.68 Å². The number of rotatable bonds is 11. The molecule has 1 aliphatic heterocycles. The van der Waals surface area contributed by atoms with Crippen molar-refractivity contribution in [1.82, 2.24) is 25.2 Å². The Balaban J connectivity index is 1.15. The fourth-order valence-corrected chi connectivity index (χ4v) is 4.76. The van der Waals surface area contributed by atoms with Crippen molar-refractivity contribution < 1.29 is 9.26 Å². The van der Waals surface area contributed by atoms with Gasteiger partial charge in [-0.1, -0.05) is 5.16 Å². The molecular formula is C25H35N5O2. The maximum Gasteiger partial charge on any atom is 0.175 e. The molecule has 3 heterocycles. The molecule has 2 aromatic heterocycles. The van der Waals surface area contributed by atoms with Gasteiger partial charge in [0.2, 0.25) is 0 Å². The summed E-state index contributed by atoms with van der Waals surface area (Å²) in [5.41, 5.74) is 3.07. The summed E-state index contributed by atoms with van der Waals surface area (Å²) in [6.07, 6.45) is 11.2. The van der Waals surface area contributed by atoms with Crippen LogP contribution in [0.5, 0.6) is 5.75 Å². The lowest BCUT2D eigenvalue weighted by Gasteiger charge is -2.31. The molecule has 3 aromatic rings. The van der Waals surface area contributed by atoms with E-state index in [4.69, 9.17) is 9.26 Å². The van der Waals surface area contributed by atoms with Crippen molar-refractivity contribution in [3.63, 3.8) is 0 Å². The zero-order chi connectivity index (χ0) is 21.8. The Kier molecular flexibility index (Phi) is 6.74. The normalized spacial score (nSPS) is 17.9. The Bertz CT molecular complexity index is 987. The Morgan fingerprint density at radius 1 is 1.12 bits per heavy atom. The largest absolute Gasteiger partial charge is 0.493 e. The first-order valence-corrected chi connectivity index (χ1v) is 12.2. The molecular weight excluding hydrogens is 402 g/mol. The molecule has 2 fully saturated rings. The molecule has 0 spiro atoms. The summed E-state index contributed by atoms with van der Waals surface area (Å²) >= 11 is 0. The second kappa shape index (κ2) is 10.0. The molecule has 7 nitrogen and oxygen atoms in total. The van der Waals surface area contributed by atoms with Gasteiger partial charge in [0.1, 0.15) is 5.75 Å². The van der Waals surface area contributed by atoms with E-state index in [1.54, 1.807) is 0 Å². The monoisotopic (exact) mass is 437 g/mol. The summed E-state index contributed by atoms with van der Waals surface area (Å²) in [6.45, 7) is 5.96. The van der Waals surface area contributed by atoms with Crippen LogP contribution in [0.15, 0.2) is 35.1 Å². The Hall–Kier alpha value is -2.38. The predicted octanol–water partition coefficient (Wildman–Crippen LogP) is 3.88. The SMILES string of the molecule is CNCc1c(OCC2CC2)ccc2c(CCC3CCN(CCn4cccn4)CC3)noc12. The summed E-state index contributed by atoms with van der Waals surface area (Å²) in [4.78, 5) is 2.57. The second-order valence-corrected chi connectivity index (χ2v) is 9.43. The third kappa shape index (κ3) is 5.15. The lowest BCUT2D eigenvalue weighted by atomic mass is 9.91. The van der Waals surface area contributed by atoms with Gasteiger partial charge in [-0.25, -0.2) is 0 Å². The zero-order valence-corrected chi connectivity index (χ0v) is 19.1. The van der Waals surface area contributed by atoms with Gasteiger partial charge in [-0.2, -0.15) is 5.10 Å². The number of hydrogen-bond donors (Lipinski definition) is 1. The minimum absolute atomic E-state index is 0.725. The van der Waals surface area contributed by atoms with Crippen molar-refractivity contribution in [2.75, 3.05) is 33.3 Å². The number of hydrogen-bond acceptors (Lipinski definition) is 6. The number of likely N-dealkylation sites (tertiary alicyclic amines) is 1. The summed E-state index contributed by atoms with van der Waals surface area (Å²) in [6, 6.07) is 6.24. The zero-order valence-electron chi connectivity index (χ0n) is 19.1. The highest BCUT2D eigenvalue weighted by Gasteiger charge is 2.24. The fraction of sp³-hybridized carbons (Fsp3) is 0.600. The van der Waals surface area contributed by atoms with Crippen LogP contribution in [0.3, 0.4) is 0 Å². The van der Waals surface area contributed by atoms with Gasteiger partial charge in [-0.05, 0) is 88.7 Å². The molecule has 1 aliphatic carbocycles. The van der Waals surface area contributed by atoms with E-state index in [-0.39, 0.29) is 0 Å². The van der Waals surface area contributed by atoms with E-state index in [0.29, 0.717) is 0 Å². The fourth-order valence-electron chi connectivity index (χ4n) is 4.76. The number of piperidine rings is 1. The number of nitrogens with one attached hydrogen (secondary N) is 1. The van der Waals surface area contributed by atoms with Gasteiger partial charge >= 0.3 is 0 Å². The Morgan fingerprint density at radius 3 is 2.75 bits per heavy atom. The third-order valence-corrected chi connectivity index (χ3v) is 7.00. The first kappa shape index (κ1) is 21.5. The van der Waals surface area contributed by atoms with E-state index in [0.717, 1.165) is 72.5 Å². The van der Waals surface area contributed by atoms with Crippen molar-refractivity contribution in [2.24, 2.45) is 11.8 Å². The topological polar surface area (TPSA) is 68.3 Å². The van der Waals surface area contributed by atoms with E-state index in [2.05, 4.69) is 32.6 Å². The van der Waals surface area contributed by atoms with Gasteiger partial charge in [0, 0.05) is 30.9 Å². The predicted molar refractivity (Wildman–Crippen MR) is 125 cm³/mol. The Labute approximate surface area is 190 Å². The molecule has 5 rings (SSSR count). The van der Waals surface area contributed by atoms with E-state index in [1.807, 2.05) is 30.2 Å². The molecule has 172 valence electrons. The summed E-state index contributed by atoms with van der Waals surface area (Å²) < 4.78 is 14.0. The number of aryl methyl sites for hydroxylation is 1. The maximum atomic E-state index is 6.10. The number of benzene rings is 1. The molecule has 0 atom stereocenters. The molecule has 1 saturated heterocycles. The van der Waals surface area contributed by atoms with Crippen LogP contribution in [0.4, 0.5) is 0 Å². The van der Waals surface area contributed by atoms with Gasteiger partial charge in [-0.15, -0.1) is 0 Å². The van der Waals surface area contributed by atoms with Crippen molar-refractivity contribution in [3.05, 3.63) is 41.9 Å². The quantitative estimate of drug-likeness (QED) is 0.491. The smallest absolute Gasteiger partial charge is 0.175 e. The summed E-state index contributed by atoms with van der Waals surface area (Å²) in [5.74, 6) is 2.43. The molecule has 1 aromatic carbocycles. The highest BCUT2D eigenvalue weighted by molar-refractivity contribution is 5.84. The lowest BCUT2D eigenvalue weighted by Crippen LogP contribution is -2.36. The first-order chi connectivity index (χ1) is 15.8. The van der Waals surface area contributed by atoms with Crippen molar-refractivity contribution >= 4 is 11.0 Å². The number of aromatic nitrogens is 3. The summed E-state index contributed by atoms with van der Waals surface area (Å²) in [5, 5.41) is 13.2. The van der Waals surface area contributed by atoms with Gasteiger partial charge < -0.3 is 19.5 Å². The van der Waals surface area contributed by atoms with Crippen LogP contribution in [0, 0.1) is 11.8 Å².